The first-order valence-corrected chi connectivity index (χ1v) is 22.4. The van der Waals surface area contributed by atoms with Gasteiger partial charge in [0, 0.05) is 67.5 Å². The Kier molecular flexibility index (Phi) is 12.7. The van der Waals surface area contributed by atoms with Crippen LogP contribution in [0.2, 0.25) is 0 Å². The van der Waals surface area contributed by atoms with Gasteiger partial charge in [-0.2, -0.15) is 0 Å². The number of nitrogens with one attached hydrogen (secondary N) is 6. The summed E-state index contributed by atoms with van der Waals surface area (Å²) in [4.78, 5) is 101. The van der Waals surface area contributed by atoms with Crippen molar-refractivity contribution in [1.82, 2.24) is 40.9 Å². The van der Waals surface area contributed by atoms with E-state index in [1.165, 1.54) is 10.5 Å². The maximum atomic E-state index is 14.2. The third kappa shape index (κ3) is 9.52. The zero-order valence-electron chi connectivity index (χ0n) is 35.8. The molecule has 2 saturated carbocycles. The molecule has 6 N–H and O–H groups in total. The minimum Gasteiger partial charge on any atom is -0.351 e. The molecule has 332 valence electrons. The number of carbonyl (C=O) groups excluding carboxylic acids is 7. The number of likely N-dealkylation sites (N-methyl/N-ethyl adjacent to an activating group) is 1. The molecule has 0 bridgehead atoms. The summed E-state index contributed by atoms with van der Waals surface area (Å²) in [5.74, 6) is -0.444. The Hall–Kier alpha value is -5.71. The monoisotopic (exact) mass is 852 g/mol. The molecule has 62 heavy (non-hydrogen) atoms. The van der Waals surface area contributed by atoms with Crippen molar-refractivity contribution in [3.63, 3.8) is 0 Å². The summed E-state index contributed by atoms with van der Waals surface area (Å²) in [6.07, 6.45) is 5.41. The number of hydrogen-bond acceptors (Lipinski definition) is 8. The lowest BCUT2D eigenvalue weighted by Gasteiger charge is -2.39. The van der Waals surface area contributed by atoms with Crippen LogP contribution in [0, 0.1) is 5.92 Å². The van der Waals surface area contributed by atoms with E-state index in [0.29, 0.717) is 74.8 Å². The van der Waals surface area contributed by atoms with Crippen LogP contribution in [0.25, 0.3) is 0 Å². The number of anilines is 2. The smallest absolute Gasteiger partial charge is 0.321 e. The van der Waals surface area contributed by atoms with Gasteiger partial charge in [-0.15, -0.1) is 0 Å². The van der Waals surface area contributed by atoms with E-state index in [4.69, 9.17) is 0 Å². The van der Waals surface area contributed by atoms with E-state index in [-0.39, 0.29) is 73.3 Å². The molecule has 4 heterocycles. The van der Waals surface area contributed by atoms with Gasteiger partial charge in [0.1, 0.15) is 18.1 Å². The standard InChI is InChI=1S/C45H60N10O7/c1-26-23-34(26)49-42(59)38-16-14-32-18-21-53(25-36(43(60)55(32)38)51-40(57)27(2)46-3)45(62)48-30-11-9-29(10-12-30)47-44(61)52-20-17-31-13-15-37(54(31)39(56)19-22-52)41(58)50-35-24-33(35)28-7-5-4-6-8-28/h4-12,26-27,31-38,46H,13-25H2,1-3H3,(H,47,61)(H,48,62)(H,49,59)(H,50,58)(H,51,57)/t26-,27-,31+,32+,33+,34-,35-,36-,37-,38-/m0/s1. The summed E-state index contributed by atoms with van der Waals surface area (Å²) in [5.41, 5.74) is 2.18. The third-order valence-electron chi connectivity index (χ3n) is 13.8. The van der Waals surface area contributed by atoms with Gasteiger partial charge in [-0.1, -0.05) is 37.3 Å². The van der Waals surface area contributed by atoms with Gasteiger partial charge in [0.05, 0.1) is 12.6 Å². The molecule has 17 heteroatoms. The van der Waals surface area contributed by atoms with Crippen molar-refractivity contribution in [1.29, 1.82) is 0 Å². The molecule has 4 aliphatic heterocycles. The van der Waals surface area contributed by atoms with E-state index in [1.54, 1.807) is 52.9 Å². The van der Waals surface area contributed by atoms with E-state index in [0.717, 1.165) is 12.8 Å². The molecular formula is C45H60N10O7. The Morgan fingerprint density at radius 3 is 1.84 bits per heavy atom. The van der Waals surface area contributed by atoms with E-state index < -0.39 is 36.1 Å². The maximum absolute atomic E-state index is 14.2. The molecule has 2 aromatic carbocycles. The Labute approximate surface area is 362 Å². The highest BCUT2D eigenvalue weighted by Crippen LogP contribution is 2.41. The molecule has 8 rings (SSSR count). The molecule has 0 unspecified atom stereocenters. The van der Waals surface area contributed by atoms with Crippen LogP contribution >= 0.6 is 0 Å². The van der Waals surface area contributed by atoms with Gasteiger partial charge in [0.15, 0.2) is 0 Å². The van der Waals surface area contributed by atoms with Crippen LogP contribution in [-0.2, 0) is 24.0 Å². The number of nitrogens with zero attached hydrogens (tertiary/aromatic N) is 4. The number of carbonyl (C=O) groups is 7. The van der Waals surface area contributed by atoms with Gasteiger partial charge in [-0.3, -0.25) is 24.0 Å². The Bertz CT molecular complexity index is 2040. The fraction of sp³-hybridized carbons (Fsp3) is 0.578. The molecule has 0 spiro atoms. The fourth-order valence-corrected chi connectivity index (χ4v) is 9.68. The average Bonchev–Trinajstić information content (AvgIpc) is 4.07. The predicted molar refractivity (Wildman–Crippen MR) is 231 cm³/mol. The van der Waals surface area contributed by atoms with Crippen LogP contribution in [-0.4, -0.2) is 143 Å². The molecular weight excluding hydrogens is 793 g/mol. The van der Waals surface area contributed by atoms with Crippen molar-refractivity contribution in [2.75, 3.05) is 43.9 Å². The quantitative estimate of drug-likeness (QED) is 0.209. The second-order valence-corrected chi connectivity index (χ2v) is 18.0. The normalized spacial score (nSPS) is 29.8. The molecule has 0 aromatic heterocycles. The van der Waals surface area contributed by atoms with Gasteiger partial charge in [0.25, 0.3) is 0 Å². The first-order valence-electron chi connectivity index (χ1n) is 22.4. The van der Waals surface area contributed by atoms with Crippen molar-refractivity contribution >= 4 is 53.0 Å². The first-order chi connectivity index (χ1) is 29.9. The maximum Gasteiger partial charge on any atom is 0.321 e. The summed E-state index contributed by atoms with van der Waals surface area (Å²) in [6, 6.07) is 13.1. The van der Waals surface area contributed by atoms with E-state index in [2.05, 4.69) is 51.0 Å². The van der Waals surface area contributed by atoms with Crippen molar-refractivity contribution in [2.45, 2.75) is 126 Å². The van der Waals surface area contributed by atoms with Gasteiger partial charge in [-0.25, -0.2) is 9.59 Å². The molecule has 6 fully saturated rings. The van der Waals surface area contributed by atoms with Gasteiger partial charge < -0.3 is 51.5 Å². The summed E-state index contributed by atoms with van der Waals surface area (Å²) < 4.78 is 0. The lowest BCUT2D eigenvalue weighted by molar-refractivity contribution is -0.144. The lowest BCUT2D eigenvalue weighted by Crippen LogP contribution is -2.62. The molecule has 17 nitrogen and oxygen atoms in total. The molecule has 2 aliphatic carbocycles. The molecule has 0 radical (unpaired) electrons. The topological polar surface area (TPSA) is 205 Å². The van der Waals surface area contributed by atoms with Crippen LogP contribution in [0.4, 0.5) is 21.0 Å². The number of urea groups is 2. The largest absolute Gasteiger partial charge is 0.351 e. The van der Waals surface area contributed by atoms with Crippen molar-refractivity contribution in [3.8, 4) is 0 Å². The molecule has 10 atom stereocenters. The van der Waals surface area contributed by atoms with Crippen LogP contribution in [0.5, 0.6) is 0 Å². The zero-order chi connectivity index (χ0) is 43.7. The highest BCUT2D eigenvalue weighted by atomic mass is 16.2. The first kappa shape index (κ1) is 43.0. The summed E-state index contributed by atoms with van der Waals surface area (Å²) in [7, 11) is 1.64. The molecule has 9 amide bonds. The second-order valence-electron chi connectivity index (χ2n) is 18.0. The number of benzene rings is 2. The summed E-state index contributed by atoms with van der Waals surface area (Å²) >= 11 is 0. The summed E-state index contributed by atoms with van der Waals surface area (Å²) in [6.45, 7) is 4.62. The third-order valence-corrected chi connectivity index (χ3v) is 13.8. The van der Waals surface area contributed by atoms with Gasteiger partial charge in [-0.05, 0) is 101 Å². The SMILES string of the molecule is CN[C@@H](C)C(=O)N[C@H]1CN(C(=O)Nc2ccc(NC(=O)N3CCC(=O)N4[C@H](CC[C@H]4C(=O)N[C@H]4C[C@@H]4c4ccccc4)CC3)cc2)CC[C@H]2CC[C@@H](C(=O)N[C@H]3C[C@@H]3C)N2C1=O. The van der Waals surface area contributed by atoms with Gasteiger partial charge in [0.2, 0.25) is 29.5 Å². The lowest BCUT2D eigenvalue weighted by atomic mass is 10.1. The summed E-state index contributed by atoms with van der Waals surface area (Å²) in [5, 5.41) is 17.8. The average molecular weight is 853 g/mol. The van der Waals surface area contributed by atoms with Crippen LogP contribution < -0.4 is 31.9 Å². The Morgan fingerprint density at radius 1 is 0.661 bits per heavy atom. The predicted octanol–water partition coefficient (Wildman–Crippen LogP) is 2.56. The Morgan fingerprint density at radius 2 is 1.23 bits per heavy atom. The highest BCUT2D eigenvalue weighted by molar-refractivity contribution is 5.96. The van der Waals surface area contributed by atoms with Crippen LogP contribution in [0.15, 0.2) is 54.6 Å². The molecule has 4 saturated heterocycles. The molecule has 6 aliphatic rings. The minimum atomic E-state index is -1.06. The fourth-order valence-electron chi connectivity index (χ4n) is 9.68. The zero-order valence-corrected chi connectivity index (χ0v) is 35.8. The van der Waals surface area contributed by atoms with E-state index in [9.17, 15) is 33.6 Å². The van der Waals surface area contributed by atoms with E-state index >= 15 is 0 Å². The molecule has 2 aromatic rings. The van der Waals surface area contributed by atoms with Crippen LogP contribution in [0.3, 0.4) is 0 Å². The minimum absolute atomic E-state index is 0.0832. The number of hydrogen-bond donors (Lipinski definition) is 6. The van der Waals surface area contributed by atoms with Crippen molar-refractivity contribution < 1.29 is 33.6 Å². The van der Waals surface area contributed by atoms with Crippen molar-refractivity contribution in [2.24, 2.45) is 5.92 Å². The van der Waals surface area contributed by atoms with E-state index in [1.807, 2.05) is 18.2 Å². The Balaban J connectivity index is 0.839. The van der Waals surface area contributed by atoms with Crippen LogP contribution in [0.1, 0.15) is 83.1 Å². The second kappa shape index (κ2) is 18.3. The van der Waals surface area contributed by atoms with Gasteiger partial charge >= 0.3 is 12.1 Å². The number of rotatable bonds is 10. The number of fused-ring (bicyclic) bond motifs is 2. The number of amides is 9. The van der Waals surface area contributed by atoms with Crippen molar-refractivity contribution in [3.05, 3.63) is 60.2 Å². The highest BCUT2D eigenvalue weighted by Gasteiger charge is 2.48.